The molecule has 21 heavy (non-hydrogen) atoms. The van der Waals surface area contributed by atoms with Gasteiger partial charge in [-0.15, -0.1) is 0 Å². The largest absolute Gasteiger partial charge is 0.380 e. The number of ether oxygens (including phenoxy) is 1. The molecule has 0 bridgehead atoms. The molecule has 0 aliphatic heterocycles. The molecule has 1 aliphatic rings. The monoisotopic (exact) mass is 290 g/mol. The molecule has 0 aromatic heterocycles. The molecule has 116 valence electrons. The molecular formula is C17H26N2O2. The van der Waals surface area contributed by atoms with Gasteiger partial charge in [-0.3, -0.25) is 4.79 Å². The van der Waals surface area contributed by atoms with Gasteiger partial charge in [0.05, 0.1) is 12.5 Å². The minimum absolute atomic E-state index is 0.00678. The van der Waals surface area contributed by atoms with E-state index in [1.165, 1.54) is 6.42 Å². The van der Waals surface area contributed by atoms with Crippen molar-refractivity contribution in [3.63, 3.8) is 0 Å². The van der Waals surface area contributed by atoms with Crippen LogP contribution in [0.3, 0.4) is 0 Å². The second kappa shape index (κ2) is 8.15. The average molecular weight is 290 g/mol. The second-order valence-electron chi connectivity index (χ2n) is 5.88. The number of methoxy groups -OCH3 is 1. The summed E-state index contributed by atoms with van der Waals surface area (Å²) in [6, 6.07) is 8.11. The second-order valence-corrected chi connectivity index (χ2v) is 5.88. The molecule has 4 heteroatoms. The Labute approximate surface area is 127 Å². The molecule has 1 aromatic carbocycles. The van der Waals surface area contributed by atoms with Crippen molar-refractivity contribution in [3.8, 4) is 0 Å². The summed E-state index contributed by atoms with van der Waals surface area (Å²) in [6.45, 7) is 1.15. The van der Waals surface area contributed by atoms with Gasteiger partial charge in [-0.25, -0.2) is 0 Å². The number of benzene rings is 1. The molecule has 2 rings (SSSR count). The van der Waals surface area contributed by atoms with Gasteiger partial charge in [0, 0.05) is 19.7 Å². The van der Waals surface area contributed by atoms with Crippen molar-refractivity contribution in [3.05, 3.63) is 35.4 Å². The normalized spacial score (nSPS) is 22.6. The number of carbonyl (C=O) groups is 1. The summed E-state index contributed by atoms with van der Waals surface area (Å²) < 4.78 is 5.13. The molecule has 1 aromatic rings. The lowest BCUT2D eigenvalue weighted by atomic mass is 9.94. The van der Waals surface area contributed by atoms with Crippen molar-refractivity contribution in [1.29, 1.82) is 0 Å². The van der Waals surface area contributed by atoms with Crippen LogP contribution in [-0.2, 0) is 22.7 Å². The lowest BCUT2D eigenvalue weighted by molar-refractivity contribution is -0.126. The highest BCUT2D eigenvalue weighted by Gasteiger charge is 2.26. The lowest BCUT2D eigenvalue weighted by Gasteiger charge is -2.20. The van der Waals surface area contributed by atoms with E-state index in [0.29, 0.717) is 13.2 Å². The number of carbonyl (C=O) groups excluding carboxylic acids is 1. The third-order valence-corrected chi connectivity index (χ3v) is 4.18. The van der Waals surface area contributed by atoms with Gasteiger partial charge in [0.1, 0.15) is 0 Å². The van der Waals surface area contributed by atoms with Gasteiger partial charge in [0.2, 0.25) is 5.91 Å². The number of nitrogens with one attached hydrogen (secondary N) is 1. The number of amides is 1. The minimum Gasteiger partial charge on any atom is -0.380 e. The van der Waals surface area contributed by atoms with Gasteiger partial charge in [-0.2, -0.15) is 0 Å². The molecule has 0 spiro atoms. The molecule has 1 saturated carbocycles. The third kappa shape index (κ3) is 4.83. The first kappa shape index (κ1) is 16.0. The fourth-order valence-corrected chi connectivity index (χ4v) is 2.98. The van der Waals surface area contributed by atoms with Crippen LogP contribution >= 0.6 is 0 Å². The molecule has 1 aliphatic carbocycles. The maximum Gasteiger partial charge on any atom is 0.224 e. The van der Waals surface area contributed by atoms with Gasteiger partial charge in [-0.05, 0) is 24.0 Å². The standard InChI is InChI=1S/C17H26N2O2/c1-21-12-14-7-5-6-13(10-14)11-19-17(20)15-8-3-2-4-9-16(15)18/h5-7,10,15-16H,2-4,8-9,11-12,18H2,1H3,(H,19,20). The first-order valence-electron chi connectivity index (χ1n) is 7.80. The maximum atomic E-state index is 12.3. The van der Waals surface area contributed by atoms with E-state index < -0.39 is 0 Å². The Hall–Kier alpha value is -1.39. The van der Waals surface area contributed by atoms with Gasteiger partial charge in [-0.1, -0.05) is 43.5 Å². The average Bonchev–Trinajstić information content (AvgIpc) is 2.70. The molecular weight excluding hydrogens is 264 g/mol. The number of nitrogens with two attached hydrogens (primary N) is 1. The van der Waals surface area contributed by atoms with Gasteiger partial charge in [0.25, 0.3) is 0 Å². The summed E-state index contributed by atoms with van der Waals surface area (Å²) in [4.78, 5) is 12.3. The van der Waals surface area contributed by atoms with Crippen LogP contribution in [0.4, 0.5) is 0 Å². The molecule has 4 nitrogen and oxygen atoms in total. The molecule has 1 amide bonds. The summed E-state index contributed by atoms with van der Waals surface area (Å²) in [7, 11) is 1.68. The Morgan fingerprint density at radius 1 is 1.29 bits per heavy atom. The maximum absolute atomic E-state index is 12.3. The van der Waals surface area contributed by atoms with Crippen LogP contribution in [0.5, 0.6) is 0 Å². The molecule has 0 heterocycles. The molecule has 0 saturated heterocycles. The van der Waals surface area contributed by atoms with Crippen molar-refractivity contribution in [2.24, 2.45) is 11.7 Å². The van der Waals surface area contributed by atoms with E-state index in [0.717, 1.165) is 36.8 Å². The van der Waals surface area contributed by atoms with E-state index in [1.54, 1.807) is 7.11 Å². The Balaban J connectivity index is 1.89. The summed E-state index contributed by atoms with van der Waals surface area (Å²) in [5.74, 6) is 0.0659. The zero-order valence-corrected chi connectivity index (χ0v) is 12.8. The Morgan fingerprint density at radius 3 is 2.86 bits per heavy atom. The summed E-state index contributed by atoms with van der Waals surface area (Å²) >= 11 is 0. The van der Waals surface area contributed by atoms with E-state index in [2.05, 4.69) is 11.4 Å². The summed E-state index contributed by atoms with van der Waals surface area (Å²) in [5.41, 5.74) is 8.35. The lowest BCUT2D eigenvalue weighted by Crippen LogP contribution is -2.41. The van der Waals surface area contributed by atoms with E-state index in [9.17, 15) is 4.79 Å². The van der Waals surface area contributed by atoms with Crippen LogP contribution in [-0.4, -0.2) is 19.1 Å². The van der Waals surface area contributed by atoms with Gasteiger partial charge in [0.15, 0.2) is 0 Å². The first-order chi connectivity index (χ1) is 10.2. The third-order valence-electron chi connectivity index (χ3n) is 4.18. The van der Waals surface area contributed by atoms with Crippen molar-refractivity contribution >= 4 is 5.91 Å². The molecule has 2 atom stereocenters. The van der Waals surface area contributed by atoms with E-state index >= 15 is 0 Å². The number of hydrogen-bond donors (Lipinski definition) is 2. The van der Waals surface area contributed by atoms with Crippen LogP contribution in [0.1, 0.15) is 43.2 Å². The fourth-order valence-electron chi connectivity index (χ4n) is 2.98. The minimum atomic E-state index is -0.0327. The highest BCUT2D eigenvalue weighted by atomic mass is 16.5. The van der Waals surface area contributed by atoms with Crippen LogP contribution in [0, 0.1) is 5.92 Å². The summed E-state index contributed by atoms with van der Waals surface area (Å²) in [5, 5.41) is 3.04. The smallest absolute Gasteiger partial charge is 0.224 e. The van der Waals surface area contributed by atoms with Crippen LogP contribution in [0.15, 0.2) is 24.3 Å². The fraction of sp³-hybridized carbons (Fsp3) is 0.588. The Bertz CT molecular complexity index is 462. The zero-order valence-electron chi connectivity index (χ0n) is 12.8. The predicted molar refractivity (Wildman–Crippen MR) is 83.6 cm³/mol. The van der Waals surface area contributed by atoms with Crippen molar-refractivity contribution in [2.75, 3.05) is 7.11 Å². The van der Waals surface area contributed by atoms with E-state index in [4.69, 9.17) is 10.5 Å². The van der Waals surface area contributed by atoms with Crippen LogP contribution < -0.4 is 11.1 Å². The Kier molecular flexibility index (Phi) is 6.21. The van der Waals surface area contributed by atoms with Crippen LogP contribution in [0.25, 0.3) is 0 Å². The molecule has 1 fully saturated rings. The van der Waals surface area contributed by atoms with Crippen molar-refractivity contribution in [1.82, 2.24) is 5.32 Å². The Morgan fingerprint density at radius 2 is 2.05 bits per heavy atom. The van der Waals surface area contributed by atoms with Gasteiger partial charge < -0.3 is 15.8 Å². The number of rotatable bonds is 5. The molecule has 3 N–H and O–H groups in total. The van der Waals surface area contributed by atoms with E-state index in [-0.39, 0.29) is 17.9 Å². The topological polar surface area (TPSA) is 64.3 Å². The van der Waals surface area contributed by atoms with Crippen molar-refractivity contribution < 1.29 is 9.53 Å². The van der Waals surface area contributed by atoms with Crippen LogP contribution in [0.2, 0.25) is 0 Å². The highest BCUT2D eigenvalue weighted by molar-refractivity contribution is 5.79. The zero-order chi connectivity index (χ0) is 15.1. The number of hydrogen-bond acceptors (Lipinski definition) is 3. The predicted octanol–water partition coefficient (Wildman–Crippen LogP) is 2.36. The first-order valence-corrected chi connectivity index (χ1v) is 7.80. The van der Waals surface area contributed by atoms with E-state index in [1.807, 2.05) is 18.2 Å². The summed E-state index contributed by atoms with van der Waals surface area (Å²) in [6.07, 6.45) is 5.31. The van der Waals surface area contributed by atoms with Crippen molar-refractivity contribution in [2.45, 2.75) is 51.3 Å². The molecule has 2 unspecified atom stereocenters. The highest BCUT2D eigenvalue weighted by Crippen LogP contribution is 2.22. The SMILES string of the molecule is COCc1cccc(CNC(=O)C2CCCCCC2N)c1. The van der Waals surface area contributed by atoms with Gasteiger partial charge >= 0.3 is 0 Å². The molecule has 0 radical (unpaired) electrons. The quantitative estimate of drug-likeness (QED) is 0.818.